The number of hydrogen-bond donors (Lipinski definition) is 1. The number of nitrogens with one attached hydrogen (secondary N) is 1. The summed E-state index contributed by atoms with van der Waals surface area (Å²) in [5, 5.41) is 2.60. The molecule has 0 aromatic heterocycles. The van der Waals surface area contributed by atoms with E-state index in [1.165, 1.54) is 12.1 Å². The fourth-order valence-corrected chi connectivity index (χ4v) is 1.47. The quantitative estimate of drug-likeness (QED) is 0.925. The predicted molar refractivity (Wildman–Crippen MR) is 62.9 cm³/mol. The third-order valence-corrected chi connectivity index (χ3v) is 2.41. The van der Waals surface area contributed by atoms with Crippen LogP contribution in [0.2, 0.25) is 0 Å². The fraction of sp³-hybridized carbons (Fsp3) is 0.364. The van der Waals surface area contributed by atoms with Crippen LogP contribution >= 0.6 is 15.9 Å². The molecule has 0 radical (unpaired) electrons. The minimum atomic E-state index is -0.719. The van der Waals surface area contributed by atoms with Gasteiger partial charge in [0.25, 0.3) is 5.91 Å². The maximum absolute atomic E-state index is 13.3. The highest BCUT2D eigenvalue weighted by Crippen LogP contribution is 2.23. The molecule has 5 heteroatoms. The molecule has 1 N–H and O–H groups in total. The van der Waals surface area contributed by atoms with Crippen LogP contribution in [-0.2, 0) is 4.79 Å². The van der Waals surface area contributed by atoms with Crippen molar-refractivity contribution in [2.45, 2.75) is 20.0 Å². The maximum Gasteiger partial charge on any atom is 0.260 e. The Kier molecular flexibility index (Phi) is 4.73. The van der Waals surface area contributed by atoms with Crippen LogP contribution in [-0.4, -0.2) is 18.6 Å². The second-order valence-electron chi connectivity index (χ2n) is 3.23. The van der Waals surface area contributed by atoms with Crippen molar-refractivity contribution in [3.63, 3.8) is 0 Å². The van der Waals surface area contributed by atoms with Gasteiger partial charge >= 0.3 is 0 Å². The Balaban J connectivity index is 2.72. The summed E-state index contributed by atoms with van der Waals surface area (Å²) in [6.07, 6.45) is -0.719. The Labute approximate surface area is 102 Å². The van der Waals surface area contributed by atoms with Gasteiger partial charge in [-0.25, -0.2) is 4.39 Å². The van der Waals surface area contributed by atoms with Crippen LogP contribution in [0.15, 0.2) is 22.7 Å². The summed E-state index contributed by atoms with van der Waals surface area (Å²) in [6.45, 7) is 3.91. The van der Waals surface area contributed by atoms with Gasteiger partial charge in [0.1, 0.15) is 0 Å². The van der Waals surface area contributed by atoms with Crippen LogP contribution < -0.4 is 10.1 Å². The summed E-state index contributed by atoms with van der Waals surface area (Å²) in [7, 11) is 0. The zero-order chi connectivity index (χ0) is 12.1. The summed E-state index contributed by atoms with van der Waals surface area (Å²) >= 11 is 3.21. The SMILES string of the molecule is CCNC(=O)C(C)Oc1cc(Br)ccc1F. The lowest BCUT2D eigenvalue weighted by molar-refractivity contribution is -0.127. The molecule has 0 aliphatic carbocycles. The Morgan fingerprint density at radius 3 is 2.94 bits per heavy atom. The second kappa shape index (κ2) is 5.84. The maximum atomic E-state index is 13.3. The number of carbonyl (C=O) groups excluding carboxylic acids is 1. The van der Waals surface area contributed by atoms with Gasteiger partial charge in [0.2, 0.25) is 0 Å². The highest BCUT2D eigenvalue weighted by atomic mass is 79.9. The van der Waals surface area contributed by atoms with E-state index in [0.717, 1.165) is 0 Å². The molecule has 88 valence electrons. The molecule has 1 atom stereocenters. The van der Waals surface area contributed by atoms with Gasteiger partial charge in [-0.2, -0.15) is 0 Å². The van der Waals surface area contributed by atoms with Gasteiger partial charge in [0, 0.05) is 11.0 Å². The molecule has 0 fully saturated rings. The van der Waals surface area contributed by atoms with Crippen LogP contribution in [0.4, 0.5) is 4.39 Å². The molecule has 0 spiro atoms. The Morgan fingerprint density at radius 1 is 1.62 bits per heavy atom. The van der Waals surface area contributed by atoms with E-state index in [2.05, 4.69) is 21.2 Å². The minimum absolute atomic E-state index is 0.0631. The van der Waals surface area contributed by atoms with Crippen molar-refractivity contribution in [2.75, 3.05) is 6.54 Å². The average molecular weight is 290 g/mol. The summed E-state index contributed by atoms with van der Waals surface area (Å²) in [4.78, 5) is 11.4. The third-order valence-electron chi connectivity index (χ3n) is 1.92. The van der Waals surface area contributed by atoms with Crippen molar-refractivity contribution in [1.29, 1.82) is 0 Å². The van der Waals surface area contributed by atoms with Crippen LogP contribution in [0.25, 0.3) is 0 Å². The molecule has 0 saturated heterocycles. The number of rotatable bonds is 4. The van der Waals surface area contributed by atoms with Crippen molar-refractivity contribution in [3.8, 4) is 5.75 Å². The lowest BCUT2D eigenvalue weighted by Crippen LogP contribution is -2.36. The number of benzene rings is 1. The summed E-state index contributed by atoms with van der Waals surface area (Å²) in [6, 6.07) is 4.34. The zero-order valence-electron chi connectivity index (χ0n) is 9.09. The molecule has 0 saturated carbocycles. The summed E-state index contributed by atoms with van der Waals surface area (Å²) in [5.74, 6) is -0.686. The monoisotopic (exact) mass is 289 g/mol. The molecule has 16 heavy (non-hydrogen) atoms. The van der Waals surface area contributed by atoms with Gasteiger partial charge in [-0.3, -0.25) is 4.79 Å². The van der Waals surface area contributed by atoms with E-state index in [-0.39, 0.29) is 11.7 Å². The number of halogens is 2. The summed E-state index contributed by atoms with van der Waals surface area (Å²) < 4.78 is 19.2. The van der Waals surface area contributed by atoms with Crippen LogP contribution in [0.5, 0.6) is 5.75 Å². The average Bonchev–Trinajstić information content (AvgIpc) is 2.23. The number of likely N-dealkylation sites (N-methyl/N-ethyl adjacent to an activating group) is 1. The molecule has 3 nitrogen and oxygen atoms in total. The molecule has 1 amide bonds. The molecule has 1 aromatic rings. The van der Waals surface area contributed by atoms with E-state index in [4.69, 9.17) is 4.74 Å². The lowest BCUT2D eigenvalue weighted by Gasteiger charge is -2.14. The molecule has 0 aliphatic rings. The zero-order valence-corrected chi connectivity index (χ0v) is 10.7. The van der Waals surface area contributed by atoms with Crippen molar-refractivity contribution in [3.05, 3.63) is 28.5 Å². The van der Waals surface area contributed by atoms with Crippen molar-refractivity contribution in [2.24, 2.45) is 0 Å². The molecule has 0 heterocycles. The first-order valence-corrected chi connectivity index (χ1v) is 5.73. The molecule has 0 bridgehead atoms. The molecule has 1 unspecified atom stereocenters. The highest BCUT2D eigenvalue weighted by Gasteiger charge is 2.15. The Hall–Kier alpha value is -1.10. The number of hydrogen-bond acceptors (Lipinski definition) is 2. The first kappa shape index (κ1) is 13.0. The molecular formula is C11H13BrFNO2. The Morgan fingerprint density at radius 2 is 2.31 bits per heavy atom. The molecule has 1 aromatic carbocycles. The van der Waals surface area contributed by atoms with E-state index in [0.29, 0.717) is 11.0 Å². The molecule has 0 aliphatic heterocycles. The van der Waals surface area contributed by atoms with Crippen molar-refractivity contribution in [1.82, 2.24) is 5.32 Å². The standard InChI is InChI=1S/C11H13BrFNO2/c1-3-14-11(15)7(2)16-10-6-8(12)4-5-9(10)13/h4-7H,3H2,1-2H3,(H,14,15). The molecule has 1 rings (SSSR count). The van der Waals surface area contributed by atoms with E-state index in [9.17, 15) is 9.18 Å². The molecular weight excluding hydrogens is 277 g/mol. The number of ether oxygens (including phenoxy) is 1. The second-order valence-corrected chi connectivity index (χ2v) is 4.15. The topological polar surface area (TPSA) is 38.3 Å². The van der Waals surface area contributed by atoms with Gasteiger partial charge in [0.05, 0.1) is 0 Å². The lowest BCUT2D eigenvalue weighted by atomic mass is 10.3. The van der Waals surface area contributed by atoms with Gasteiger partial charge in [-0.15, -0.1) is 0 Å². The smallest absolute Gasteiger partial charge is 0.260 e. The van der Waals surface area contributed by atoms with Gasteiger partial charge in [-0.05, 0) is 32.0 Å². The fourth-order valence-electron chi connectivity index (χ4n) is 1.13. The van der Waals surface area contributed by atoms with Gasteiger partial charge in [0.15, 0.2) is 17.7 Å². The first-order chi connectivity index (χ1) is 7.54. The van der Waals surface area contributed by atoms with E-state index in [1.807, 2.05) is 6.92 Å². The number of carbonyl (C=O) groups is 1. The van der Waals surface area contributed by atoms with E-state index < -0.39 is 11.9 Å². The van der Waals surface area contributed by atoms with Crippen LogP contribution in [0.3, 0.4) is 0 Å². The largest absolute Gasteiger partial charge is 0.478 e. The van der Waals surface area contributed by atoms with Crippen LogP contribution in [0, 0.1) is 5.82 Å². The third kappa shape index (κ3) is 3.48. The predicted octanol–water partition coefficient (Wildman–Crippen LogP) is 2.49. The summed E-state index contributed by atoms with van der Waals surface area (Å²) in [5.41, 5.74) is 0. The number of amides is 1. The highest BCUT2D eigenvalue weighted by molar-refractivity contribution is 9.10. The normalized spacial score (nSPS) is 12.0. The van der Waals surface area contributed by atoms with Gasteiger partial charge in [-0.1, -0.05) is 15.9 Å². The van der Waals surface area contributed by atoms with E-state index in [1.54, 1.807) is 13.0 Å². The Bertz CT molecular complexity index is 384. The van der Waals surface area contributed by atoms with Crippen molar-refractivity contribution < 1.29 is 13.9 Å². The van der Waals surface area contributed by atoms with Crippen molar-refractivity contribution >= 4 is 21.8 Å². The van der Waals surface area contributed by atoms with E-state index >= 15 is 0 Å². The van der Waals surface area contributed by atoms with Gasteiger partial charge < -0.3 is 10.1 Å². The van der Waals surface area contributed by atoms with Crippen LogP contribution in [0.1, 0.15) is 13.8 Å². The minimum Gasteiger partial charge on any atom is -0.478 e. The first-order valence-electron chi connectivity index (χ1n) is 4.94.